The molecule has 0 spiro atoms. The van der Waals surface area contributed by atoms with E-state index in [1.165, 1.54) is 10.9 Å². The molecule has 0 radical (unpaired) electrons. The van der Waals surface area contributed by atoms with Crippen LogP contribution in [0.1, 0.15) is 18.9 Å². The van der Waals surface area contributed by atoms with E-state index in [0.717, 1.165) is 29.6 Å². The van der Waals surface area contributed by atoms with Crippen LogP contribution in [0.4, 0.5) is 11.4 Å². The van der Waals surface area contributed by atoms with Gasteiger partial charge in [-0.2, -0.15) is 0 Å². The summed E-state index contributed by atoms with van der Waals surface area (Å²) in [6.45, 7) is 2.16. The summed E-state index contributed by atoms with van der Waals surface area (Å²) in [4.78, 5) is 0. The molecule has 78 valence electrons. The Balaban J connectivity index is 2.61. The van der Waals surface area contributed by atoms with Crippen molar-refractivity contribution in [1.29, 1.82) is 0 Å². The third-order valence-electron chi connectivity index (χ3n) is 2.64. The Kier molecular flexibility index (Phi) is 2.50. The van der Waals surface area contributed by atoms with E-state index in [1.807, 2.05) is 24.3 Å². The standard InChI is InChI=1S/C13H16N2/c1-2-3-10-6-11-7-12(14)5-4-9(11)8-13(10)15/h4-8H,2-3,14-15H2,1H3. The number of nitrogen functional groups attached to an aromatic ring is 2. The number of rotatable bonds is 2. The molecule has 2 heteroatoms. The first-order chi connectivity index (χ1) is 7.20. The van der Waals surface area contributed by atoms with Gasteiger partial charge in [-0.05, 0) is 47.0 Å². The Morgan fingerprint density at radius 2 is 1.80 bits per heavy atom. The molecule has 0 saturated heterocycles. The Hall–Kier alpha value is -1.70. The average Bonchev–Trinajstić information content (AvgIpc) is 2.20. The van der Waals surface area contributed by atoms with E-state index in [9.17, 15) is 0 Å². The number of benzene rings is 2. The topological polar surface area (TPSA) is 52.0 Å². The van der Waals surface area contributed by atoms with E-state index in [4.69, 9.17) is 11.5 Å². The van der Waals surface area contributed by atoms with Gasteiger partial charge in [0, 0.05) is 11.4 Å². The molecule has 0 aliphatic rings. The van der Waals surface area contributed by atoms with Crippen LogP contribution in [0.25, 0.3) is 10.8 Å². The summed E-state index contributed by atoms with van der Waals surface area (Å²) in [6.07, 6.45) is 2.13. The summed E-state index contributed by atoms with van der Waals surface area (Å²) in [5, 5.41) is 2.33. The van der Waals surface area contributed by atoms with Crippen molar-refractivity contribution in [3.05, 3.63) is 35.9 Å². The second-order valence-electron chi connectivity index (χ2n) is 3.91. The van der Waals surface area contributed by atoms with Crippen LogP contribution in [-0.2, 0) is 6.42 Å². The molecule has 2 rings (SSSR count). The molecule has 0 aliphatic carbocycles. The fourth-order valence-electron chi connectivity index (χ4n) is 1.87. The maximum atomic E-state index is 5.98. The maximum absolute atomic E-state index is 5.98. The van der Waals surface area contributed by atoms with E-state index < -0.39 is 0 Å². The highest BCUT2D eigenvalue weighted by molar-refractivity contribution is 5.89. The Bertz CT molecular complexity index is 489. The number of hydrogen-bond donors (Lipinski definition) is 2. The lowest BCUT2D eigenvalue weighted by Gasteiger charge is -2.07. The van der Waals surface area contributed by atoms with Gasteiger partial charge in [-0.15, -0.1) is 0 Å². The smallest absolute Gasteiger partial charge is 0.0352 e. The van der Waals surface area contributed by atoms with Crippen molar-refractivity contribution in [2.45, 2.75) is 19.8 Å². The van der Waals surface area contributed by atoms with E-state index in [-0.39, 0.29) is 0 Å². The molecule has 0 unspecified atom stereocenters. The van der Waals surface area contributed by atoms with Crippen LogP contribution in [-0.4, -0.2) is 0 Å². The largest absolute Gasteiger partial charge is 0.399 e. The van der Waals surface area contributed by atoms with Crippen molar-refractivity contribution in [2.24, 2.45) is 0 Å². The molecule has 0 amide bonds. The second-order valence-corrected chi connectivity index (χ2v) is 3.91. The van der Waals surface area contributed by atoms with E-state index >= 15 is 0 Å². The molecule has 0 saturated carbocycles. The summed E-state index contributed by atoms with van der Waals surface area (Å²) < 4.78 is 0. The lowest BCUT2D eigenvalue weighted by molar-refractivity contribution is 0.926. The molecule has 0 aliphatic heterocycles. The van der Waals surface area contributed by atoms with Crippen molar-refractivity contribution in [2.75, 3.05) is 11.5 Å². The summed E-state index contributed by atoms with van der Waals surface area (Å²) in [5.41, 5.74) is 14.6. The predicted molar refractivity (Wildman–Crippen MR) is 66.8 cm³/mol. The van der Waals surface area contributed by atoms with Crippen molar-refractivity contribution in [3.8, 4) is 0 Å². The molecule has 2 nitrogen and oxygen atoms in total. The zero-order valence-corrected chi connectivity index (χ0v) is 8.96. The highest BCUT2D eigenvalue weighted by Crippen LogP contribution is 2.24. The monoisotopic (exact) mass is 200 g/mol. The summed E-state index contributed by atoms with van der Waals surface area (Å²) >= 11 is 0. The molecule has 4 N–H and O–H groups in total. The number of anilines is 2. The summed E-state index contributed by atoms with van der Waals surface area (Å²) in [6, 6.07) is 10.1. The van der Waals surface area contributed by atoms with Crippen LogP contribution < -0.4 is 11.5 Å². The second kappa shape index (κ2) is 3.81. The SMILES string of the molecule is CCCc1cc2cc(N)ccc2cc1N. The number of fused-ring (bicyclic) bond motifs is 1. The molecule has 0 atom stereocenters. The maximum Gasteiger partial charge on any atom is 0.0352 e. The van der Waals surface area contributed by atoms with Gasteiger partial charge in [-0.25, -0.2) is 0 Å². The fourth-order valence-corrected chi connectivity index (χ4v) is 1.87. The molecule has 0 aromatic heterocycles. The van der Waals surface area contributed by atoms with Gasteiger partial charge >= 0.3 is 0 Å². The highest BCUT2D eigenvalue weighted by atomic mass is 14.6. The van der Waals surface area contributed by atoms with Gasteiger partial charge in [0.2, 0.25) is 0 Å². The summed E-state index contributed by atoms with van der Waals surface area (Å²) in [5.74, 6) is 0. The van der Waals surface area contributed by atoms with Crippen molar-refractivity contribution in [3.63, 3.8) is 0 Å². The minimum absolute atomic E-state index is 0.801. The molecule has 0 bridgehead atoms. The van der Waals surface area contributed by atoms with Crippen LogP contribution in [0.15, 0.2) is 30.3 Å². The third-order valence-corrected chi connectivity index (χ3v) is 2.64. The van der Waals surface area contributed by atoms with E-state index in [1.54, 1.807) is 0 Å². The average molecular weight is 200 g/mol. The summed E-state index contributed by atoms with van der Waals surface area (Å²) in [7, 11) is 0. The molecular weight excluding hydrogens is 184 g/mol. The fraction of sp³-hybridized carbons (Fsp3) is 0.231. The van der Waals surface area contributed by atoms with Gasteiger partial charge in [0.15, 0.2) is 0 Å². The van der Waals surface area contributed by atoms with Gasteiger partial charge in [-0.3, -0.25) is 0 Å². The van der Waals surface area contributed by atoms with Gasteiger partial charge in [0.05, 0.1) is 0 Å². The van der Waals surface area contributed by atoms with Gasteiger partial charge in [0.1, 0.15) is 0 Å². The lowest BCUT2D eigenvalue weighted by atomic mass is 10.0. The zero-order chi connectivity index (χ0) is 10.8. The van der Waals surface area contributed by atoms with Crippen LogP contribution in [0.3, 0.4) is 0 Å². The van der Waals surface area contributed by atoms with Crippen molar-refractivity contribution >= 4 is 22.1 Å². The predicted octanol–water partition coefficient (Wildman–Crippen LogP) is 2.96. The molecule has 0 heterocycles. The quantitative estimate of drug-likeness (QED) is 0.732. The Morgan fingerprint density at radius 1 is 1.00 bits per heavy atom. The zero-order valence-electron chi connectivity index (χ0n) is 8.96. The van der Waals surface area contributed by atoms with Crippen LogP contribution in [0.2, 0.25) is 0 Å². The van der Waals surface area contributed by atoms with E-state index in [2.05, 4.69) is 13.0 Å². The lowest BCUT2D eigenvalue weighted by Crippen LogP contribution is -1.94. The minimum atomic E-state index is 0.801. The van der Waals surface area contributed by atoms with Crippen LogP contribution in [0.5, 0.6) is 0 Å². The Morgan fingerprint density at radius 3 is 2.53 bits per heavy atom. The van der Waals surface area contributed by atoms with Crippen LogP contribution >= 0.6 is 0 Å². The number of hydrogen-bond acceptors (Lipinski definition) is 2. The molecular formula is C13H16N2. The molecule has 2 aromatic rings. The van der Waals surface area contributed by atoms with Gasteiger partial charge in [0.25, 0.3) is 0 Å². The number of nitrogens with two attached hydrogens (primary N) is 2. The van der Waals surface area contributed by atoms with Crippen molar-refractivity contribution < 1.29 is 0 Å². The number of aryl methyl sites for hydroxylation is 1. The van der Waals surface area contributed by atoms with Gasteiger partial charge in [-0.1, -0.05) is 19.4 Å². The van der Waals surface area contributed by atoms with Crippen LogP contribution in [0, 0.1) is 0 Å². The first-order valence-corrected chi connectivity index (χ1v) is 5.28. The van der Waals surface area contributed by atoms with Crippen molar-refractivity contribution in [1.82, 2.24) is 0 Å². The molecule has 0 fully saturated rings. The van der Waals surface area contributed by atoms with Gasteiger partial charge < -0.3 is 11.5 Å². The highest BCUT2D eigenvalue weighted by Gasteiger charge is 2.01. The van der Waals surface area contributed by atoms with E-state index in [0.29, 0.717) is 0 Å². The Labute approximate surface area is 89.9 Å². The normalized spacial score (nSPS) is 10.7. The minimum Gasteiger partial charge on any atom is -0.399 e. The first kappa shape index (κ1) is 9.84. The molecule has 15 heavy (non-hydrogen) atoms. The third kappa shape index (κ3) is 1.89. The molecule has 2 aromatic carbocycles. The first-order valence-electron chi connectivity index (χ1n) is 5.28.